The van der Waals surface area contributed by atoms with E-state index in [1.54, 1.807) is 0 Å². The number of ether oxygens (including phenoxy) is 2. The smallest absolute Gasteiger partial charge is 0.178 e. The number of benzene rings is 10. The number of fused-ring (bicyclic) bond motifs is 16. The average molecular weight is 832 g/mol. The summed E-state index contributed by atoms with van der Waals surface area (Å²) in [6, 6.07) is 79.9. The predicted octanol–water partition coefficient (Wildman–Crippen LogP) is 16.6. The Labute approximate surface area is 375 Å². The van der Waals surface area contributed by atoms with Gasteiger partial charge in [0.1, 0.15) is 11.2 Å². The van der Waals surface area contributed by atoms with Gasteiger partial charge in [0.15, 0.2) is 23.0 Å². The van der Waals surface area contributed by atoms with Crippen molar-refractivity contribution in [1.82, 2.24) is 0 Å². The van der Waals surface area contributed by atoms with E-state index >= 15 is 0 Å². The van der Waals surface area contributed by atoms with E-state index in [-0.39, 0.29) is 0 Å². The zero-order valence-electron chi connectivity index (χ0n) is 35.0. The van der Waals surface area contributed by atoms with Crippen LogP contribution in [0.5, 0.6) is 23.0 Å². The molecular formula is C61H37NO3. The Morgan fingerprint density at radius 1 is 0.338 bits per heavy atom. The Hall–Kier alpha value is -8.60. The fraction of sp³-hybridized carbons (Fsp3) is 0.0164. The van der Waals surface area contributed by atoms with E-state index in [1.807, 2.05) is 18.2 Å². The molecular weight excluding hydrogens is 795 g/mol. The van der Waals surface area contributed by atoms with Crippen LogP contribution >= 0.6 is 0 Å². The van der Waals surface area contributed by atoms with Crippen LogP contribution in [0.4, 0.5) is 17.1 Å². The van der Waals surface area contributed by atoms with E-state index in [9.17, 15) is 0 Å². The van der Waals surface area contributed by atoms with Gasteiger partial charge < -0.3 is 18.8 Å². The van der Waals surface area contributed by atoms with Crippen LogP contribution in [-0.4, -0.2) is 0 Å². The maximum Gasteiger partial charge on any atom is 0.178 e. The fourth-order valence-electron chi connectivity index (χ4n) is 11.1. The molecule has 0 atom stereocenters. The second-order valence-electron chi connectivity index (χ2n) is 17.1. The first kappa shape index (κ1) is 35.9. The molecule has 0 amide bonds. The lowest BCUT2D eigenvalue weighted by molar-refractivity contribution is 0.361. The third-order valence-corrected chi connectivity index (χ3v) is 13.7. The third-order valence-electron chi connectivity index (χ3n) is 13.7. The lowest BCUT2D eigenvalue weighted by atomic mass is 9.70. The molecule has 2 aliphatic carbocycles. The topological polar surface area (TPSA) is 34.8 Å². The van der Waals surface area contributed by atoms with Gasteiger partial charge in [-0.2, -0.15) is 0 Å². The summed E-state index contributed by atoms with van der Waals surface area (Å²) < 4.78 is 20.5. The van der Waals surface area contributed by atoms with Crippen LogP contribution < -0.4 is 14.4 Å². The Bertz CT molecular complexity index is 3710. The summed E-state index contributed by atoms with van der Waals surface area (Å²) in [6.07, 6.45) is 0. The highest BCUT2D eigenvalue weighted by Crippen LogP contribution is 2.66. The summed E-state index contributed by atoms with van der Waals surface area (Å²) in [7, 11) is 0. The molecule has 65 heavy (non-hydrogen) atoms. The SMILES string of the molecule is c1ccc(N(c2cccc(-c3ccc4oc5ccccc5c4c3)c2)c2ccccc2-c2cccc3c2Oc2c(ccc4c2-c2ccccc2C42c4ccccc4-c4ccccc42)O3)cc1. The first-order chi connectivity index (χ1) is 32.2. The molecule has 0 unspecified atom stereocenters. The number of para-hydroxylation sites is 4. The van der Waals surface area contributed by atoms with Crippen molar-refractivity contribution in [2.45, 2.75) is 5.41 Å². The molecule has 304 valence electrons. The van der Waals surface area contributed by atoms with E-state index in [4.69, 9.17) is 13.9 Å². The molecule has 3 aliphatic rings. The fourth-order valence-corrected chi connectivity index (χ4v) is 11.1. The maximum atomic E-state index is 7.37. The standard InChI is InChI=1S/C61H37NO3/c1-2-17-40(18-3-1)62(41-19-14-16-38(36-41)39-32-34-55-48(37-39)45-23-8-13-30-54(45)63-55)53-29-12-7-22-44(53)46-25-15-31-56-59(46)65-60-57(64-56)35-33-52-58(60)47-24-6-11-28-51(47)61(52)49-26-9-4-20-42(49)43-21-5-10-27-50(43)61/h1-37H. The summed E-state index contributed by atoms with van der Waals surface area (Å²) in [5, 5.41) is 2.22. The molecule has 0 N–H and O–H groups in total. The number of rotatable bonds is 5. The lowest BCUT2D eigenvalue weighted by Crippen LogP contribution is -2.25. The van der Waals surface area contributed by atoms with Crippen LogP contribution in [0.3, 0.4) is 0 Å². The van der Waals surface area contributed by atoms with Crippen LogP contribution in [0.1, 0.15) is 22.3 Å². The number of hydrogen-bond acceptors (Lipinski definition) is 4. The first-order valence-electron chi connectivity index (χ1n) is 22.2. The summed E-state index contributed by atoms with van der Waals surface area (Å²) >= 11 is 0. The highest BCUT2D eigenvalue weighted by molar-refractivity contribution is 6.06. The molecule has 14 rings (SSSR count). The first-order valence-corrected chi connectivity index (χ1v) is 22.2. The van der Waals surface area contributed by atoms with Crippen LogP contribution in [0.15, 0.2) is 229 Å². The molecule has 1 spiro atoms. The van der Waals surface area contributed by atoms with Crippen LogP contribution in [0.25, 0.3) is 66.4 Å². The van der Waals surface area contributed by atoms with Crippen molar-refractivity contribution in [1.29, 1.82) is 0 Å². The molecule has 1 aliphatic heterocycles. The van der Waals surface area contributed by atoms with Gasteiger partial charge >= 0.3 is 0 Å². The largest absolute Gasteiger partial charge is 0.456 e. The Balaban J connectivity index is 0.922. The van der Waals surface area contributed by atoms with E-state index < -0.39 is 5.41 Å². The minimum atomic E-state index is -0.493. The molecule has 4 heteroatoms. The minimum Gasteiger partial charge on any atom is -0.456 e. The van der Waals surface area contributed by atoms with E-state index in [1.165, 1.54) is 33.4 Å². The Morgan fingerprint density at radius 2 is 0.938 bits per heavy atom. The quantitative estimate of drug-likeness (QED) is 0.173. The predicted molar refractivity (Wildman–Crippen MR) is 262 cm³/mol. The maximum absolute atomic E-state index is 7.37. The van der Waals surface area contributed by atoms with Crippen molar-refractivity contribution < 1.29 is 13.9 Å². The van der Waals surface area contributed by atoms with Gasteiger partial charge in [0, 0.05) is 38.8 Å². The van der Waals surface area contributed by atoms with Crippen molar-refractivity contribution in [3.8, 4) is 67.5 Å². The zero-order valence-corrected chi connectivity index (χ0v) is 35.0. The Kier molecular flexibility index (Phi) is 7.57. The number of furan rings is 1. The lowest BCUT2D eigenvalue weighted by Gasteiger charge is -2.31. The molecule has 0 radical (unpaired) electrons. The zero-order chi connectivity index (χ0) is 42.6. The van der Waals surface area contributed by atoms with Gasteiger partial charge in [0.2, 0.25) is 0 Å². The monoisotopic (exact) mass is 831 g/mol. The molecule has 0 saturated heterocycles. The van der Waals surface area contributed by atoms with Gasteiger partial charge in [0.25, 0.3) is 0 Å². The van der Waals surface area contributed by atoms with E-state index in [0.717, 1.165) is 78.1 Å². The van der Waals surface area contributed by atoms with Gasteiger partial charge in [-0.1, -0.05) is 164 Å². The number of anilines is 3. The summed E-state index contributed by atoms with van der Waals surface area (Å²) in [5.41, 5.74) is 18.4. The Morgan fingerprint density at radius 3 is 1.75 bits per heavy atom. The highest BCUT2D eigenvalue weighted by atomic mass is 16.6. The second kappa shape index (κ2) is 13.7. The minimum absolute atomic E-state index is 0.493. The summed E-state index contributed by atoms with van der Waals surface area (Å²) in [6.45, 7) is 0. The van der Waals surface area contributed by atoms with Crippen LogP contribution in [-0.2, 0) is 5.41 Å². The average Bonchev–Trinajstić information content (AvgIpc) is 4.00. The van der Waals surface area contributed by atoms with Gasteiger partial charge in [-0.15, -0.1) is 0 Å². The van der Waals surface area contributed by atoms with Crippen molar-refractivity contribution in [2.75, 3.05) is 4.90 Å². The molecule has 2 heterocycles. The van der Waals surface area contributed by atoms with E-state index in [2.05, 4.69) is 211 Å². The van der Waals surface area contributed by atoms with Crippen molar-refractivity contribution in [3.05, 3.63) is 247 Å². The van der Waals surface area contributed by atoms with Crippen molar-refractivity contribution in [3.63, 3.8) is 0 Å². The second-order valence-corrected chi connectivity index (χ2v) is 17.1. The normalized spacial score (nSPS) is 13.3. The van der Waals surface area contributed by atoms with Crippen molar-refractivity contribution in [2.24, 2.45) is 0 Å². The summed E-state index contributed by atoms with van der Waals surface area (Å²) in [4.78, 5) is 2.34. The van der Waals surface area contributed by atoms with Gasteiger partial charge in [-0.05, 0) is 111 Å². The molecule has 10 aromatic carbocycles. The third kappa shape index (κ3) is 5.08. The van der Waals surface area contributed by atoms with Crippen molar-refractivity contribution >= 4 is 39.0 Å². The van der Waals surface area contributed by atoms with Gasteiger partial charge in [-0.3, -0.25) is 0 Å². The molecule has 0 saturated carbocycles. The van der Waals surface area contributed by atoms with Crippen LogP contribution in [0, 0.1) is 0 Å². The molecule has 11 aromatic rings. The van der Waals surface area contributed by atoms with E-state index in [0.29, 0.717) is 17.2 Å². The van der Waals surface area contributed by atoms with Crippen LogP contribution in [0.2, 0.25) is 0 Å². The summed E-state index contributed by atoms with van der Waals surface area (Å²) in [5.74, 6) is 2.81. The molecule has 4 nitrogen and oxygen atoms in total. The highest BCUT2D eigenvalue weighted by Gasteiger charge is 2.53. The number of nitrogens with zero attached hydrogens (tertiary/aromatic N) is 1. The molecule has 0 bridgehead atoms. The molecule has 0 fully saturated rings. The number of hydrogen-bond donors (Lipinski definition) is 0. The van der Waals surface area contributed by atoms with Gasteiger partial charge in [0.05, 0.1) is 11.1 Å². The molecule has 1 aromatic heterocycles. The van der Waals surface area contributed by atoms with Gasteiger partial charge in [-0.25, -0.2) is 0 Å².